The van der Waals surface area contributed by atoms with Gasteiger partial charge in [-0.1, -0.05) is 0 Å². The van der Waals surface area contributed by atoms with E-state index in [1.165, 1.54) is 0 Å². The molecular weight excluding hydrogens is 359 g/mol. The lowest BCUT2D eigenvalue weighted by Crippen LogP contribution is -2.16. The van der Waals surface area contributed by atoms with Crippen LogP contribution >= 0.6 is 0 Å². The van der Waals surface area contributed by atoms with Crippen LogP contribution in [0.1, 0.15) is 33.3 Å². The molecule has 0 aliphatic rings. The topological polar surface area (TPSA) is 77.1 Å². The number of anilines is 1. The normalized spacial score (nSPS) is 11.6. The number of fused-ring (bicyclic) bond motifs is 1. The number of amides is 2. The summed E-state index contributed by atoms with van der Waals surface area (Å²) in [6, 6.07) is 10.7. The number of hydrogen-bond donors (Lipinski definition) is 2. The van der Waals surface area contributed by atoms with Crippen molar-refractivity contribution in [3.05, 3.63) is 65.4 Å². The molecule has 27 heavy (non-hydrogen) atoms. The Labute approximate surface area is 152 Å². The van der Waals surface area contributed by atoms with Crippen LogP contribution in [-0.2, 0) is 12.7 Å². The van der Waals surface area contributed by atoms with E-state index in [9.17, 15) is 22.8 Å². The lowest BCUT2D eigenvalue weighted by atomic mass is 10.1. The second kappa shape index (κ2) is 6.79. The number of hydrogen-bond acceptors (Lipinski definition) is 2. The quantitative estimate of drug-likeness (QED) is 0.722. The van der Waals surface area contributed by atoms with Crippen molar-refractivity contribution in [2.24, 2.45) is 5.73 Å². The largest absolute Gasteiger partial charge is 0.416 e. The molecule has 3 N–H and O–H groups in total. The minimum Gasteiger partial charge on any atom is -0.364 e. The first-order valence-corrected chi connectivity index (χ1v) is 8.12. The van der Waals surface area contributed by atoms with E-state index in [2.05, 4.69) is 5.32 Å². The SMILES string of the molecule is CCn1c(C(N)=O)cc2cc(NC(=O)c3ccc(C(F)(F)F)cc3)ccc21. The van der Waals surface area contributed by atoms with Crippen molar-refractivity contribution in [2.75, 3.05) is 5.32 Å². The summed E-state index contributed by atoms with van der Waals surface area (Å²) in [5.74, 6) is -1.09. The van der Waals surface area contributed by atoms with Gasteiger partial charge in [0.2, 0.25) is 0 Å². The van der Waals surface area contributed by atoms with Gasteiger partial charge in [0.25, 0.3) is 11.8 Å². The van der Waals surface area contributed by atoms with Gasteiger partial charge < -0.3 is 15.6 Å². The Morgan fingerprint density at radius 1 is 1.07 bits per heavy atom. The Morgan fingerprint density at radius 3 is 2.30 bits per heavy atom. The molecule has 0 aliphatic heterocycles. The van der Waals surface area contributed by atoms with E-state index in [1.807, 2.05) is 6.92 Å². The number of carbonyl (C=O) groups is 2. The molecule has 0 saturated heterocycles. The molecule has 2 amide bonds. The molecule has 0 spiro atoms. The van der Waals surface area contributed by atoms with Crippen LogP contribution in [0.2, 0.25) is 0 Å². The standard InChI is InChI=1S/C19H16F3N3O2/c1-2-25-15-8-7-14(9-12(15)10-16(25)17(23)26)24-18(27)11-3-5-13(6-4-11)19(20,21)22/h3-10H,2H2,1H3,(H2,23,26)(H,24,27). The second-order valence-corrected chi connectivity index (χ2v) is 5.94. The summed E-state index contributed by atoms with van der Waals surface area (Å²) in [4.78, 5) is 23.8. The van der Waals surface area contributed by atoms with Crippen LogP contribution in [0.4, 0.5) is 18.9 Å². The summed E-state index contributed by atoms with van der Waals surface area (Å²) >= 11 is 0. The molecule has 1 aromatic heterocycles. The molecule has 140 valence electrons. The van der Waals surface area contributed by atoms with Crippen LogP contribution in [0.15, 0.2) is 48.5 Å². The van der Waals surface area contributed by atoms with Gasteiger partial charge >= 0.3 is 6.18 Å². The molecular formula is C19H16F3N3O2. The maximum Gasteiger partial charge on any atom is 0.416 e. The first kappa shape index (κ1) is 18.5. The van der Waals surface area contributed by atoms with Gasteiger partial charge in [-0.3, -0.25) is 9.59 Å². The average Bonchev–Trinajstić information content (AvgIpc) is 2.99. The fourth-order valence-corrected chi connectivity index (χ4v) is 2.91. The number of alkyl halides is 3. The Hall–Kier alpha value is -3.29. The van der Waals surface area contributed by atoms with E-state index in [1.54, 1.807) is 28.8 Å². The van der Waals surface area contributed by atoms with Crippen molar-refractivity contribution in [3.63, 3.8) is 0 Å². The minimum atomic E-state index is -4.45. The van der Waals surface area contributed by atoms with Crippen LogP contribution in [0.5, 0.6) is 0 Å². The van der Waals surface area contributed by atoms with E-state index >= 15 is 0 Å². The third-order valence-electron chi connectivity index (χ3n) is 4.20. The fourth-order valence-electron chi connectivity index (χ4n) is 2.91. The number of rotatable bonds is 4. The van der Waals surface area contributed by atoms with Gasteiger partial charge in [-0.05, 0) is 55.5 Å². The van der Waals surface area contributed by atoms with Gasteiger partial charge in [-0.15, -0.1) is 0 Å². The van der Waals surface area contributed by atoms with Gasteiger partial charge in [0.1, 0.15) is 5.69 Å². The van der Waals surface area contributed by atoms with Gasteiger partial charge in [0.05, 0.1) is 5.56 Å². The van der Waals surface area contributed by atoms with Gasteiger partial charge in [-0.2, -0.15) is 13.2 Å². The molecule has 0 atom stereocenters. The van der Waals surface area contributed by atoms with Crippen molar-refractivity contribution in [2.45, 2.75) is 19.6 Å². The Kier molecular flexibility index (Phi) is 4.65. The highest BCUT2D eigenvalue weighted by Crippen LogP contribution is 2.29. The molecule has 5 nitrogen and oxygen atoms in total. The molecule has 3 aromatic rings. The lowest BCUT2D eigenvalue weighted by Gasteiger charge is -2.09. The zero-order valence-electron chi connectivity index (χ0n) is 14.3. The lowest BCUT2D eigenvalue weighted by molar-refractivity contribution is -0.137. The van der Waals surface area contributed by atoms with Crippen molar-refractivity contribution >= 4 is 28.4 Å². The van der Waals surface area contributed by atoms with Gasteiger partial charge in [-0.25, -0.2) is 0 Å². The zero-order valence-corrected chi connectivity index (χ0v) is 14.3. The number of benzene rings is 2. The van der Waals surface area contributed by atoms with Crippen molar-refractivity contribution in [3.8, 4) is 0 Å². The molecule has 3 rings (SSSR count). The third kappa shape index (κ3) is 3.64. The van der Waals surface area contributed by atoms with Gasteiger partial charge in [0, 0.05) is 28.7 Å². The number of nitrogens with two attached hydrogens (primary N) is 1. The number of primary amides is 1. The van der Waals surface area contributed by atoms with Crippen LogP contribution in [0.25, 0.3) is 10.9 Å². The molecule has 1 heterocycles. The minimum absolute atomic E-state index is 0.104. The molecule has 0 radical (unpaired) electrons. The summed E-state index contributed by atoms with van der Waals surface area (Å²) in [6.07, 6.45) is -4.45. The molecule has 0 fully saturated rings. The predicted octanol–water partition coefficient (Wildman–Crippen LogP) is 4.03. The summed E-state index contributed by atoms with van der Waals surface area (Å²) in [5.41, 5.74) is 6.27. The summed E-state index contributed by atoms with van der Waals surface area (Å²) in [5, 5.41) is 3.36. The predicted molar refractivity (Wildman–Crippen MR) is 95.5 cm³/mol. The van der Waals surface area contributed by atoms with E-state index in [4.69, 9.17) is 5.73 Å². The highest BCUT2D eigenvalue weighted by Gasteiger charge is 2.30. The smallest absolute Gasteiger partial charge is 0.364 e. The van der Waals surface area contributed by atoms with E-state index in [-0.39, 0.29) is 5.56 Å². The first-order chi connectivity index (χ1) is 12.7. The maximum absolute atomic E-state index is 12.6. The molecule has 0 aliphatic carbocycles. The number of aromatic nitrogens is 1. The molecule has 2 aromatic carbocycles. The van der Waals surface area contributed by atoms with Crippen molar-refractivity contribution in [1.82, 2.24) is 4.57 Å². The summed E-state index contributed by atoms with van der Waals surface area (Å²) in [6.45, 7) is 2.44. The van der Waals surface area contributed by atoms with Crippen LogP contribution in [0.3, 0.4) is 0 Å². The first-order valence-electron chi connectivity index (χ1n) is 8.12. The Morgan fingerprint density at radius 2 is 1.74 bits per heavy atom. The second-order valence-electron chi connectivity index (χ2n) is 5.94. The number of carbonyl (C=O) groups excluding carboxylic acids is 2. The number of aryl methyl sites for hydroxylation is 1. The Bertz CT molecular complexity index is 1020. The van der Waals surface area contributed by atoms with E-state index in [0.29, 0.717) is 17.9 Å². The highest BCUT2D eigenvalue weighted by molar-refractivity contribution is 6.05. The van der Waals surface area contributed by atoms with Crippen molar-refractivity contribution in [1.29, 1.82) is 0 Å². The van der Waals surface area contributed by atoms with Gasteiger partial charge in [0.15, 0.2) is 0 Å². The number of halogens is 3. The fraction of sp³-hybridized carbons (Fsp3) is 0.158. The zero-order chi connectivity index (χ0) is 19.8. The van der Waals surface area contributed by atoms with Crippen LogP contribution < -0.4 is 11.1 Å². The monoisotopic (exact) mass is 375 g/mol. The molecule has 0 unspecified atom stereocenters. The maximum atomic E-state index is 12.6. The Balaban J connectivity index is 1.86. The number of nitrogens with zero attached hydrogens (tertiary/aromatic N) is 1. The third-order valence-corrected chi connectivity index (χ3v) is 4.20. The highest BCUT2D eigenvalue weighted by atomic mass is 19.4. The van der Waals surface area contributed by atoms with Crippen LogP contribution in [0, 0.1) is 0 Å². The van der Waals surface area contributed by atoms with E-state index in [0.717, 1.165) is 35.2 Å². The average molecular weight is 375 g/mol. The number of nitrogens with one attached hydrogen (secondary N) is 1. The molecule has 0 saturated carbocycles. The molecule has 8 heteroatoms. The van der Waals surface area contributed by atoms with Crippen LogP contribution in [-0.4, -0.2) is 16.4 Å². The summed E-state index contributed by atoms with van der Waals surface area (Å²) in [7, 11) is 0. The molecule has 0 bridgehead atoms. The van der Waals surface area contributed by atoms with Crippen molar-refractivity contribution < 1.29 is 22.8 Å². The summed E-state index contributed by atoms with van der Waals surface area (Å²) < 4.78 is 39.6. The van der Waals surface area contributed by atoms with E-state index < -0.39 is 23.6 Å².